The number of benzene rings is 1. The first-order chi connectivity index (χ1) is 9.31. The number of fused-ring (bicyclic) bond motifs is 1. The lowest BCUT2D eigenvalue weighted by molar-refractivity contribution is 0.475. The largest absolute Gasteiger partial charge is 0.508 e. The minimum absolute atomic E-state index is 0.296. The normalized spacial score (nSPS) is 10.7. The Morgan fingerprint density at radius 2 is 1.95 bits per heavy atom. The van der Waals surface area contributed by atoms with E-state index in [1.807, 2.05) is 30.5 Å². The van der Waals surface area contributed by atoms with Gasteiger partial charge in [0.15, 0.2) is 5.65 Å². The van der Waals surface area contributed by atoms with Gasteiger partial charge in [-0.25, -0.2) is 9.50 Å². The van der Waals surface area contributed by atoms with Crippen LogP contribution in [0.5, 0.6) is 5.75 Å². The maximum absolute atomic E-state index is 9.21. The van der Waals surface area contributed by atoms with E-state index in [0.717, 1.165) is 24.4 Å². The van der Waals surface area contributed by atoms with E-state index in [1.54, 1.807) is 22.8 Å². The minimum Gasteiger partial charge on any atom is -0.508 e. The van der Waals surface area contributed by atoms with E-state index >= 15 is 0 Å². The summed E-state index contributed by atoms with van der Waals surface area (Å²) in [6.45, 7) is 0.794. The molecule has 3 rings (SSSR count). The van der Waals surface area contributed by atoms with Gasteiger partial charge < -0.3 is 10.4 Å². The molecule has 5 nitrogen and oxygen atoms in total. The second kappa shape index (κ2) is 4.97. The second-order valence-corrected chi connectivity index (χ2v) is 4.29. The van der Waals surface area contributed by atoms with Crippen molar-refractivity contribution in [3.05, 3.63) is 54.4 Å². The molecule has 0 saturated carbocycles. The summed E-state index contributed by atoms with van der Waals surface area (Å²) in [6.07, 6.45) is 4.49. The highest BCUT2D eigenvalue weighted by Crippen LogP contribution is 2.10. The highest BCUT2D eigenvalue weighted by atomic mass is 16.3. The Morgan fingerprint density at radius 3 is 2.79 bits per heavy atom. The lowest BCUT2D eigenvalue weighted by atomic mass is 10.1. The molecule has 0 fully saturated rings. The van der Waals surface area contributed by atoms with Crippen LogP contribution in [0.25, 0.3) is 5.65 Å². The third-order valence-corrected chi connectivity index (χ3v) is 2.91. The number of phenols is 1. The van der Waals surface area contributed by atoms with E-state index in [1.165, 1.54) is 5.56 Å². The summed E-state index contributed by atoms with van der Waals surface area (Å²) in [5, 5.41) is 16.6. The Kier molecular flexibility index (Phi) is 3.02. The summed E-state index contributed by atoms with van der Waals surface area (Å²) in [5.41, 5.74) is 2.00. The molecule has 2 heterocycles. The number of anilines is 1. The van der Waals surface area contributed by atoms with E-state index < -0.39 is 0 Å². The lowest BCUT2D eigenvalue weighted by Gasteiger charge is -2.06. The van der Waals surface area contributed by atoms with Gasteiger partial charge in [0.1, 0.15) is 11.6 Å². The SMILES string of the molecule is Oc1ccc(CCNc2ccn3nccc3n2)cc1. The zero-order valence-electron chi connectivity index (χ0n) is 10.3. The van der Waals surface area contributed by atoms with Crippen LogP contribution in [-0.2, 0) is 6.42 Å². The molecule has 0 aliphatic heterocycles. The maximum Gasteiger partial charge on any atom is 0.157 e. The molecule has 0 spiro atoms. The van der Waals surface area contributed by atoms with Crippen molar-refractivity contribution < 1.29 is 5.11 Å². The van der Waals surface area contributed by atoms with E-state index in [9.17, 15) is 5.11 Å². The summed E-state index contributed by atoms with van der Waals surface area (Å²) in [7, 11) is 0. The van der Waals surface area contributed by atoms with Crippen molar-refractivity contribution >= 4 is 11.5 Å². The van der Waals surface area contributed by atoms with Gasteiger partial charge in [0.2, 0.25) is 0 Å². The fraction of sp³-hybridized carbons (Fsp3) is 0.143. The summed E-state index contributed by atoms with van der Waals surface area (Å²) in [4.78, 5) is 4.43. The number of aromatic nitrogens is 3. The zero-order chi connectivity index (χ0) is 13.1. The molecule has 0 radical (unpaired) electrons. The molecule has 3 aromatic rings. The predicted molar refractivity (Wildman–Crippen MR) is 73.3 cm³/mol. The first-order valence-electron chi connectivity index (χ1n) is 6.13. The zero-order valence-corrected chi connectivity index (χ0v) is 10.3. The van der Waals surface area contributed by atoms with Crippen molar-refractivity contribution in [3.8, 4) is 5.75 Å². The molecule has 0 amide bonds. The van der Waals surface area contributed by atoms with Gasteiger partial charge in [0.05, 0.1) is 6.20 Å². The van der Waals surface area contributed by atoms with Gasteiger partial charge in [-0.2, -0.15) is 5.10 Å². The smallest absolute Gasteiger partial charge is 0.157 e. The number of aromatic hydroxyl groups is 1. The molecule has 2 N–H and O–H groups in total. The average molecular weight is 254 g/mol. The quantitative estimate of drug-likeness (QED) is 0.748. The van der Waals surface area contributed by atoms with Crippen molar-refractivity contribution in [1.82, 2.24) is 14.6 Å². The molecule has 19 heavy (non-hydrogen) atoms. The van der Waals surface area contributed by atoms with Gasteiger partial charge in [0, 0.05) is 18.8 Å². The van der Waals surface area contributed by atoms with Gasteiger partial charge in [-0.3, -0.25) is 0 Å². The molecule has 0 bridgehead atoms. The van der Waals surface area contributed by atoms with Crippen LogP contribution in [0.2, 0.25) is 0 Å². The van der Waals surface area contributed by atoms with Gasteiger partial charge in [0.25, 0.3) is 0 Å². The van der Waals surface area contributed by atoms with Crippen LogP contribution in [0.4, 0.5) is 5.82 Å². The maximum atomic E-state index is 9.21. The van der Waals surface area contributed by atoms with Crippen LogP contribution in [-0.4, -0.2) is 26.2 Å². The third-order valence-electron chi connectivity index (χ3n) is 2.91. The fourth-order valence-corrected chi connectivity index (χ4v) is 1.91. The number of nitrogens with one attached hydrogen (secondary N) is 1. The Hall–Kier alpha value is -2.56. The summed E-state index contributed by atoms with van der Waals surface area (Å²) in [5.74, 6) is 1.14. The van der Waals surface area contributed by atoms with Crippen LogP contribution in [0.3, 0.4) is 0 Å². The monoisotopic (exact) mass is 254 g/mol. The molecular weight excluding hydrogens is 240 g/mol. The molecule has 2 aromatic heterocycles. The molecule has 0 atom stereocenters. The number of nitrogens with zero attached hydrogens (tertiary/aromatic N) is 3. The summed E-state index contributed by atoms with van der Waals surface area (Å²) < 4.78 is 1.73. The highest BCUT2D eigenvalue weighted by molar-refractivity contribution is 5.45. The van der Waals surface area contributed by atoms with E-state index in [4.69, 9.17) is 0 Å². The molecule has 1 aromatic carbocycles. The van der Waals surface area contributed by atoms with Gasteiger partial charge >= 0.3 is 0 Å². The molecular formula is C14H14N4O. The van der Waals surface area contributed by atoms with Crippen LogP contribution in [0.15, 0.2) is 48.8 Å². The highest BCUT2D eigenvalue weighted by Gasteiger charge is 1.98. The number of rotatable bonds is 4. The molecule has 0 aliphatic carbocycles. The van der Waals surface area contributed by atoms with E-state index in [-0.39, 0.29) is 0 Å². The molecule has 0 saturated heterocycles. The summed E-state index contributed by atoms with van der Waals surface area (Å²) in [6, 6.07) is 11.0. The van der Waals surface area contributed by atoms with Crippen molar-refractivity contribution in [3.63, 3.8) is 0 Å². The van der Waals surface area contributed by atoms with Crippen molar-refractivity contribution in [2.75, 3.05) is 11.9 Å². The van der Waals surface area contributed by atoms with Crippen LogP contribution < -0.4 is 5.32 Å². The van der Waals surface area contributed by atoms with Crippen molar-refractivity contribution in [1.29, 1.82) is 0 Å². The first kappa shape index (κ1) is 11.5. The number of hydrogen-bond donors (Lipinski definition) is 2. The van der Waals surface area contributed by atoms with Gasteiger partial charge in [-0.1, -0.05) is 12.1 Å². The molecule has 0 aliphatic rings. The summed E-state index contributed by atoms with van der Waals surface area (Å²) >= 11 is 0. The van der Waals surface area contributed by atoms with E-state index in [2.05, 4.69) is 15.4 Å². The fourth-order valence-electron chi connectivity index (χ4n) is 1.91. The molecule has 0 unspecified atom stereocenters. The minimum atomic E-state index is 0.296. The predicted octanol–water partition coefficient (Wildman–Crippen LogP) is 2.09. The average Bonchev–Trinajstić information content (AvgIpc) is 2.88. The lowest BCUT2D eigenvalue weighted by Crippen LogP contribution is -2.06. The van der Waals surface area contributed by atoms with E-state index in [0.29, 0.717) is 5.75 Å². The van der Waals surface area contributed by atoms with Crippen molar-refractivity contribution in [2.45, 2.75) is 6.42 Å². The molecule has 96 valence electrons. The third kappa shape index (κ3) is 2.65. The first-order valence-corrected chi connectivity index (χ1v) is 6.13. The molecule has 5 heteroatoms. The number of hydrogen-bond acceptors (Lipinski definition) is 4. The Balaban J connectivity index is 1.61. The van der Waals surface area contributed by atoms with Crippen molar-refractivity contribution in [2.24, 2.45) is 0 Å². The Labute approximate surface area is 110 Å². The Bertz CT molecular complexity index is 675. The standard InChI is InChI=1S/C14H14N4O/c19-12-3-1-11(2-4-12)5-8-15-13-7-10-18-14(17-13)6-9-16-18/h1-4,6-7,9-10,19H,5,8H2,(H,15,17). The van der Waals surface area contributed by atoms with Gasteiger partial charge in [-0.15, -0.1) is 0 Å². The second-order valence-electron chi connectivity index (χ2n) is 4.29. The van der Waals surface area contributed by atoms with Gasteiger partial charge in [-0.05, 0) is 30.2 Å². The van der Waals surface area contributed by atoms with Crippen LogP contribution in [0.1, 0.15) is 5.56 Å². The Morgan fingerprint density at radius 1 is 1.11 bits per heavy atom. The van der Waals surface area contributed by atoms with Crippen LogP contribution in [0, 0.1) is 0 Å². The number of phenolic OH excluding ortho intramolecular Hbond substituents is 1. The topological polar surface area (TPSA) is 62.5 Å². The van der Waals surface area contributed by atoms with Crippen LogP contribution >= 0.6 is 0 Å².